The maximum Gasteiger partial charge on any atom is 0.251 e. The Hall–Kier alpha value is -2.82. The van der Waals surface area contributed by atoms with Crippen LogP contribution in [0.15, 0.2) is 48.5 Å². The van der Waals surface area contributed by atoms with Gasteiger partial charge in [-0.15, -0.1) is 0 Å². The number of piperidine rings is 1. The maximum absolute atomic E-state index is 12.4. The van der Waals surface area contributed by atoms with Crippen LogP contribution in [0, 0.1) is 0 Å². The van der Waals surface area contributed by atoms with Gasteiger partial charge in [0.25, 0.3) is 5.91 Å². The van der Waals surface area contributed by atoms with Crippen molar-refractivity contribution in [1.29, 1.82) is 0 Å². The van der Waals surface area contributed by atoms with Gasteiger partial charge in [0.1, 0.15) is 0 Å². The summed E-state index contributed by atoms with van der Waals surface area (Å²) in [4.78, 5) is 28.5. The lowest BCUT2D eigenvalue weighted by Crippen LogP contribution is -2.29. The molecule has 28 heavy (non-hydrogen) atoms. The number of carbonyl (C=O) groups excluding carboxylic acids is 2. The van der Waals surface area contributed by atoms with Crippen molar-refractivity contribution in [2.75, 3.05) is 29.4 Å². The summed E-state index contributed by atoms with van der Waals surface area (Å²) < 4.78 is 0. The summed E-state index contributed by atoms with van der Waals surface area (Å²) in [7, 11) is 0. The van der Waals surface area contributed by atoms with Crippen molar-refractivity contribution in [2.24, 2.45) is 0 Å². The van der Waals surface area contributed by atoms with Crippen molar-refractivity contribution in [3.05, 3.63) is 59.7 Å². The van der Waals surface area contributed by atoms with Crippen LogP contribution >= 0.6 is 0 Å². The van der Waals surface area contributed by atoms with E-state index in [4.69, 9.17) is 0 Å². The number of carbonyl (C=O) groups is 2. The molecule has 2 aliphatic heterocycles. The van der Waals surface area contributed by atoms with Crippen molar-refractivity contribution in [3.8, 4) is 0 Å². The fraction of sp³-hybridized carbons (Fsp3) is 0.391. The van der Waals surface area contributed by atoms with Gasteiger partial charge >= 0.3 is 0 Å². The van der Waals surface area contributed by atoms with E-state index >= 15 is 0 Å². The molecular formula is C23H27N3O2. The zero-order valence-corrected chi connectivity index (χ0v) is 16.2. The van der Waals surface area contributed by atoms with Gasteiger partial charge in [-0.25, -0.2) is 0 Å². The molecule has 5 heteroatoms. The first kappa shape index (κ1) is 18.5. The number of rotatable bonds is 5. The number of amides is 2. The lowest BCUT2D eigenvalue weighted by Gasteiger charge is -2.28. The molecule has 2 aromatic rings. The number of hydrogen-bond donors (Lipinski definition) is 1. The minimum Gasteiger partial charge on any atom is -0.372 e. The molecule has 2 amide bonds. The van der Waals surface area contributed by atoms with E-state index < -0.39 is 0 Å². The van der Waals surface area contributed by atoms with Crippen LogP contribution in [0.3, 0.4) is 0 Å². The summed E-state index contributed by atoms with van der Waals surface area (Å²) in [5.41, 5.74) is 3.84. The summed E-state index contributed by atoms with van der Waals surface area (Å²) >= 11 is 0. The van der Waals surface area contributed by atoms with E-state index in [9.17, 15) is 9.59 Å². The molecule has 0 bridgehead atoms. The number of nitrogens with zero attached hydrogens (tertiary/aromatic N) is 2. The van der Waals surface area contributed by atoms with Gasteiger partial charge in [-0.2, -0.15) is 0 Å². The summed E-state index contributed by atoms with van der Waals surface area (Å²) in [5.74, 6) is 0.0598. The number of anilines is 2. The average Bonchev–Trinajstić information content (AvgIpc) is 3.19. The molecule has 0 aliphatic carbocycles. The van der Waals surface area contributed by atoms with E-state index in [0.717, 1.165) is 37.3 Å². The van der Waals surface area contributed by atoms with E-state index in [1.165, 1.54) is 24.9 Å². The lowest BCUT2D eigenvalue weighted by molar-refractivity contribution is -0.117. The highest BCUT2D eigenvalue weighted by molar-refractivity contribution is 5.97. The average molecular weight is 377 g/mol. The SMILES string of the molecule is O=C(NCc1ccc(N2CCCCC2)cc1)c1ccc(N2CCCC2=O)cc1. The minimum atomic E-state index is -0.0978. The normalized spacial score (nSPS) is 17.1. The van der Waals surface area contributed by atoms with Crippen LogP contribution < -0.4 is 15.1 Å². The Morgan fingerprint density at radius 1 is 0.821 bits per heavy atom. The van der Waals surface area contributed by atoms with Gasteiger partial charge in [0.2, 0.25) is 5.91 Å². The van der Waals surface area contributed by atoms with Crippen molar-refractivity contribution in [3.63, 3.8) is 0 Å². The Kier molecular flexibility index (Phi) is 5.60. The van der Waals surface area contributed by atoms with Gasteiger partial charge in [0.15, 0.2) is 0 Å². The molecule has 0 atom stereocenters. The van der Waals surface area contributed by atoms with Crippen molar-refractivity contribution in [2.45, 2.75) is 38.6 Å². The maximum atomic E-state index is 12.4. The zero-order chi connectivity index (χ0) is 19.3. The molecule has 2 heterocycles. The smallest absolute Gasteiger partial charge is 0.251 e. The third kappa shape index (κ3) is 4.19. The quantitative estimate of drug-likeness (QED) is 0.864. The van der Waals surface area contributed by atoms with Crippen LogP contribution in [0.2, 0.25) is 0 Å². The molecule has 0 unspecified atom stereocenters. The van der Waals surface area contributed by atoms with Gasteiger partial charge in [-0.1, -0.05) is 12.1 Å². The van der Waals surface area contributed by atoms with Crippen LogP contribution in [-0.4, -0.2) is 31.4 Å². The van der Waals surface area contributed by atoms with E-state index in [1.807, 2.05) is 12.1 Å². The van der Waals surface area contributed by atoms with E-state index in [-0.39, 0.29) is 11.8 Å². The first-order chi connectivity index (χ1) is 13.7. The number of hydrogen-bond acceptors (Lipinski definition) is 3. The highest BCUT2D eigenvalue weighted by Gasteiger charge is 2.21. The first-order valence-electron chi connectivity index (χ1n) is 10.2. The van der Waals surface area contributed by atoms with Gasteiger partial charge in [-0.05, 0) is 67.6 Å². The molecule has 5 nitrogen and oxygen atoms in total. The molecule has 4 rings (SSSR count). The minimum absolute atomic E-state index is 0.0978. The fourth-order valence-electron chi connectivity index (χ4n) is 3.98. The monoisotopic (exact) mass is 377 g/mol. The summed E-state index contributed by atoms with van der Waals surface area (Å²) in [5, 5.41) is 2.98. The Labute approximate surface area is 166 Å². The zero-order valence-electron chi connectivity index (χ0n) is 16.2. The second-order valence-corrected chi connectivity index (χ2v) is 7.59. The summed E-state index contributed by atoms with van der Waals surface area (Å²) in [6, 6.07) is 15.8. The summed E-state index contributed by atoms with van der Waals surface area (Å²) in [6.07, 6.45) is 5.37. The summed E-state index contributed by atoms with van der Waals surface area (Å²) in [6.45, 7) is 3.54. The van der Waals surface area contributed by atoms with Gasteiger partial charge in [0.05, 0.1) is 0 Å². The fourth-order valence-corrected chi connectivity index (χ4v) is 3.98. The lowest BCUT2D eigenvalue weighted by atomic mass is 10.1. The predicted molar refractivity (Wildman–Crippen MR) is 112 cm³/mol. The van der Waals surface area contributed by atoms with Crippen molar-refractivity contribution in [1.82, 2.24) is 5.32 Å². The Bertz CT molecular complexity index is 824. The van der Waals surface area contributed by atoms with E-state index in [2.05, 4.69) is 34.5 Å². The topological polar surface area (TPSA) is 52.7 Å². The van der Waals surface area contributed by atoms with Crippen LogP contribution in [-0.2, 0) is 11.3 Å². The van der Waals surface area contributed by atoms with Crippen LogP contribution in [0.5, 0.6) is 0 Å². The molecule has 1 N–H and O–H groups in total. The number of nitrogens with one attached hydrogen (secondary N) is 1. The van der Waals surface area contributed by atoms with Crippen molar-refractivity contribution < 1.29 is 9.59 Å². The molecule has 2 saturated heterocycles. The number of benzene rings is 2. The molecule has 0 spiro atoms. The molecule has 0 radical (unpaired) electrons. The van der Waals surface area contributed by atoms with Crippen LogP contribution in [0.4, 0.5) is 11.4 Å². The molecule has 2 fully saturated rings. The van der Waals surface area contributed by atoms with Crippen LogP contribution in [0.25, 0.3) is 0 Å². The predicted octanol–water partition coefficient (Wildman–Crippen LogP) is 3.73. The van der Waals surface area contributed by atoms with Gasteiger partial charge in [-0.3, -0.25) is 9.59 Å². The van der Waals surface area contributed by atoms with Crippen molar-refractivity contribution >= 4 is 23.2 Å². The highest BCUT2D eigenvalue weighted by Crippen LogP contribution is 2.22. The first-order valence-corrected chi connectivity index (χ1v) is 10.2. The Morgan fingerprint density at radius 3 is 2.14 bits per heavy atom. The molecule has 146 valence electrons. The van der Waals surface area contributed by atoms with E-state index in [1.54, 1.807) is 17.0 Å². The van der Waals surface area contributed by atoms with Crippen LogP contribution in [0.1, 0.15) is 48.0 Å². The van der Waals surface area contributed by atoms with E-state index in [0.29, 0.717) is 18.5 Å². The Morgan fingerprint density at radius 2 is 1.50 bits per heavy atom. The molecule has 0 saturated carbocycles. The third-order valence-corrected chi connectivity index (χ3v) is 5.63. The second kappa shape index (κ2) is 8.46. The molecule has 0 aromatic heterocycles. The second-order valence-electron chi connectivity index (χ2n) is 7.59. The highest BCUT2D eigenvalue weighted by atomic mass is 16.2. The standard InChI is InChI=1S/C23H27N3O2/c27-22-5-4-16-26(22)21-12-8-19(9-13-21)23(28)24-17-18-6-10-20(11-7-18)25-14-2-1-3-15-25/h6-13H,1-5,14-17H2,(H,24,28). The largest absolute Gasteiger partial charge is 0.372 e. The Balaban J connectivity index is 1.32. The molecular weight excluding hydrogens is 350 g/mol. The third-order valence-electron chi connectivity index (χ3n) is 5.63. The van der Waals surface area contributed by atoms with Gasteiger partial charge in [0, 0.05) is 49.5 Å². The van der Waals surface area contributed by atoms with Gasteiger partial charge < -0.3 is 15.1 Å². The molecule has 2 aliphatic rings. The molecule has 2 aromatic carbocycles.